The predicted octanol–water partition coefficient (Wildman–Crippen LogP) is 3.30. The SMILES string of the molecule is Cc1c(C(=O)N2CCC(CN(C)C(C)C)CC2)oc2c1C(=O)CCC2. The van der Waals surface area contributed by atoms with Crippen molar-refractivity contribution in [3.05, 3.63) is 22.6 Å². The lowest BCUT2D eigenvalue weighted by atomic mass is 9.93. The third-order valence-electron chi connectivity index (χ3n) is 5.83. The van der Waals surface area contributed by atoms with Gasteiger partial charge in [0.15, 0.2) is 11.5 Å². The van der Waals surface area contributed by atoms with Gasteiger partial charge in [-0.15, -0.1) is 0 Å². The number of amides is 1. The first-order valence-corrected chi connectivity index (χ1v) is 9.53. The van der Waals surface area contributed by atoms with Crippen molar-refractivity contribution in [1.29, 1.82) is 0 Å². The predicted molar refractivity (Wildman–Crippen MR) is 97.1 cm³/mol. The monoisotopic (exact) mass is 346 g/mol. The number of rotatable bonds is 4. The van der Waals surface area contributed by atoms with Crippen LogP contribution in [-0.2, 0) is 6.42 Å². The number of ketones is 1. The Bertz CT molecular complexity index is 654. The summed E-state index contributed by atoms with van der Waals surface area (Å²) in [6.45, 7) is 8.90. The number of nitrogens with zero attached hydrogens (tertiary/aromatic N) is 2. The van der Waals surface area contributed by atoms with Gasteiger partial charge in [-0.05, 0) is 53.0 Å². The Morgan fingerprint density at radius 3 is 2.56 bits per heavy atom. The minimum absolute atomic E-state index is 0.0460. The van der Waals surface area contributed by atoms with Crippen LogP contribution in [0, 0.1) is 12.8 Å². The summed E-state index contributed by atoms with van der Waals surface area (Å²) in [6.07, 6.45) is 4.21. The van der Waals surface area contributed by atoms with Crippen molar-refractivity contribution in [2.75, 3.05) is 26.7 Å². The zero-order valence-electron chi connectivity index (χ0n) is 15.9. The van der Waals surface area contributed by atoms with Gasteiger partial charge in [-0.1, -0.05) is 0 Å². The lowest BCUT2D eigenvalue weighted by molar-refractivity contribution is 0.0632. The van der Waals surface area contributed by atoms with Crippen LogP contribution in [0.1, 0.15) is 71.8 Å². The Morgan fingerprint density at radius 2 is 1.96 bits per heavy atom. The van der Waals surface area contributed by atoms with E-state index in [4.69, 9.17) is 4.42 Å². The highest BCUT2D eigenvalue weighted by molar-refractivity contribution is 6.03. The summed E-state index contributed by atoms with van der Waals surface area (Å²) >= 11 is 0. The van der Waals surface area contributed by atoms with Gasteiger partial charge in [0.05, 0.1) is 5.56 Å². The molecule has 0 saturated carbocycles. The zero-order valence-corrected chi connectivity index (χ0v) is 15.9. The van der Waals surface area contributed by atoms with E-state index in [1.165, 1.54) is 0 Å². The van der Waals surface area contributed by atoms with Crippen molar-refractivity contribution in [3.63, 3.8) is 0 Å². The standard InChI is InChI=1S/C20H30N2O3/c1-13(2)21(4)12-15-8-10-22(11-9-15)20(24)19-14(3)18-16(23)6-5-7-17(18)25-19/h13,15H,5-12H2,1-4H3. The molecule has 1 aromatic heterocycles. The molecular formula is C20H30N2O3. The number of fused-ring (bicyclic) bond motifs is 1. The molecule has 0 bridgehead atoms. The van der Waals surface area contributed by atoms with Gasteiger partial charge in [-0.3, -0.25) is 9.59 Å². The van der Waals surface area contributed by atoms with Crippen LogP contribution in [0.4, 0.5) is 0 Å². The minimum Gasteiger partial charge on any atom is -0.455 e. The Labute approximate surface area is 150 Å². The van der Waals surface area contributed by atoms with Crippen LogP contribution in [-0.4, -0.2) is 54.2 Å². The fourth-order valence-corrected chi connectivity index (χ4v) is 3.93. The average molecular weight is 346 g/mol. The molecule has 1 aliphatic carbocycles. The Kier molecular flexibility index (Phi) is 5.32. The van der Waals surface area contributed by atoms with Crippen molar-refractivity contribution in [1.82, 2.24) is 9.80 Å². The summed E-state index contributed by atoms with van der Waals surface area (Å²) in [4.78, 5) is 29.3. The van der Waals surface area contributed by atoms with Crippen LogP contribution in [0.5, 0.6) is 0 Å². The second-order valence-electron chi connectivity index (χ2n) is 7.90. The number of aryl methyl sites for hydroxylation is 1. The van der Waals surface area contributed by atoms with Gasteiger partial charge in [0.25, 0.3) is 5.91 Å². The summed E-state index contributed by atoms with van der Waals surface area (Å²) in [5.41, 5.74) is 1.41. The molecule has 3 rings (SSSR count). The number of carbonyl (C=O) groups is 2. The van der Waals surface area contributed by atoms with E-state index in [1.54, 1.807) is 0 Å². The van der Waals surface area contributed by atoms with E-state index in [0.717, 1.165) is 50.9 Å². The average Bonchev–Trinajstić information content (AvgIpc) is 2.93. The lowest BCUT2D eigenvalue weighted by Crippen LogP contribution is -2.42. The van der Waals surface area contributed by atoms with Crippen LogP contribution < -0.4 is 0 Å². The maximum Gasteiger partial charge on any atom is 0.289 e. The van der Waals surface area contributed by atoms with Crippen molar-refractivity contribution in [2.45, 2.75) is 58.9 Å². The molecule has 2 aliphatic rings. The smallest absolute Gasteiger partial charge is 0.289 e. The number of carbonyl (C=O) groups excluding carboxylic acids is 2. The van der Waals surface area contributed by atoms with Crippen LogP contribution in [0.25, 0.3) is 0 Å². The first-order chi connectivity index (χ1) is 11.9. The van der Waals surface area contributed by atoms with Crippen LogP contribution in [0.3, 0.4) is 0 Å². The second-order valence-corrected chi connectivity index (χ2v) is 7.90. The van der Waals surface area contributed by atoms with E-state index in [9.17, 15) is 9.59 Å². The van der Waals surface area contributed by atoms with E-state index in [1.807, 2.05) is 11.8 Å². The summed E-state index contributed by atoms with van der Waals surface area (Å²) in [5, 5.41) is 0. The number of Topliss-reactive ketones (excluding diaryl/α,β-unsaturated/α-hetero) is 1. The second kappa shape index (κ2) is 7.32. The first-order valence-electron chi connectivity index (χ1n) is 9.53. The molecule has 5 nitrogen and oxygen atoms in total. The molecule has 0 aromatic carbocycles. The van der Waals surface area contributed by atoms with Crippen LogP contribution in [0.2, 0.25) is 0 Å². The fourth-order valence-electron chi connectivity index (χ4n) is 3.93. The molecule has 0 atom stereocenters. The number of furan rings is 1. The molecule has 1 amide bonds. The molecule has 0 N–H and O–H groups in total. The van der Waals surface area contributed by atoms with Crippen molar-refractivity contribution in [2.24, 2.45) is 5.92 Å². The molecule has 1 fully saturated rings. The van der Waals surface area contributed by atoms with Gasteiger partial charge < -0.3 is 14.2 Å². The summed E-state index contributed by atoms with van der Waals surface area (Å²) in [6, 6.07) is 0.550. The first kappa shape index (κ1) is 18.2. The van der Waals surface area contributed by atoms with Gasteiger partial charge in [0.1, 0.15) is 5.76 Å². The molecule has 138 valence electrons. The van der Waals surface area contributed by atoms with Crippen molar-refractivity contribution < 1.29 is 14.0 Å². The molecule has 0 unspecified atom stereocenters. The van der Waals surface area contributed by atoms with E-state index in [0.29, 0.717) is 35.5 Å². The molecule has 2 heterocycles. The highest BCUT2D eigenvalue weighted by Crippen LogP contribution is 2.31. The third kappa shape index (κ3) is 3.66. The summed E-state index contributed by atoms with van der Waals surface area (Å²) in [5.74, 6) is 1.82. The highest BCUT2D eigenvalue weighted by Gasteiger charge is 2.32. The largest absolute Gasteiger partial charge is 0.455 e. The van der Waals surface area contributed by atoms with E-state index in [-0.39, 0.29) is 11.7 Å². The van der Waals surface area contributed by atoms with E-state index >= 15 is 0 Å². The van der Waals surface area contributed by atoms with Crippen LogP contribution >= 0.6 is 0 Å². The summed E-state index contributed by atoms with van der Waals surface area (Å²) < 4.78 is 5.82. The zero-order chi connectivity index (χ0) is 18.1. The molecule has 1 saturated heterocycles. The lowest BCUT2D eigenvalue weighted by Gasteiger charge is -2.34. The maximum absolute atomic E-state index is 12.9. The van der Waals surface area contributed by atoms with Gasteiger partial charge in [-0.2, -0.15) is 0 Å². The Hall–Kier alpha value is -1.62. The Balaban J connectivity index is 1.65. The number of likely N-dealkylation sites (tertiary alicyclic amines) is 1. The van der Waals surface area contributed by atoms with Crippen molar-refractivity contribution in [3.8, 4) is 0 Å². The molecule has 1 aromatic rings. The molecule has 0 spiro atoms. The topological polar surface area (TPSA) is 53.8 Å². The summed E-state index contributed by atoms with van der Waals surface area (Å²) in [7, 11) is 2.16. The normalized spacial score (nSPS) is 19.0. The van der Waals surface area contributed by atoms with Crippen LogP contribution in [0.15, 0.2) is 4.42 Å². The highest BCUT2D eigenvalue weighted by atomic mass is 16.4. The fraction of sp³-hybridized carbons (Fsp3) is 0.700. The molecule has 0 radical (unpaired) electrons. The van der Waals surface area contributed by atoms with E-state index in [2.05, 4.69) is 25.8 Å². The number of hydrogen-bond acceptors (Lipinski definition) is 4. The molecule has 1 aliphatic heterocycles. The van der Waals surface area contributed by atoms with E-state index < -0.39 is 0 Å². The van der Waals surface area contributed by atoms with Gasteiger partial charge in [-0.25, -0.2) is 0 Å². The minimum atomic E-state index is -0.0460. The van der Waals surface area contributed by atoms with Gasteiger partial charge in [0, 0.05) is 44.1 Å². The quantitative estimate of drug-likeness (QED) is 0.839. The molecule has 5 heteroatoms. The van der Waals surface area contributed by atoms with Crippen molar-refractivity contribution >= 4 is 11.7 Å². The number of hydrogen-bond donors (Lipinski definition) is 0. The van der Waals surface area contributed by atoms with Gasteiger partial charge in [0.2, 0.25) is 0 Å². The molecule has 25 heavy (non-hydrogen) atoms. The third-order valence-corrected chi connectivity index (χ3v) is 5.83. The maximum atomic E-state index is 12.9. The molecular weight excluding hydrogens is 316 g/mol. The number of piperidine rings is 1. The Morgan fingerprint density at radius 1 is 1.28 bits per heavy atom. The van der Waals surface area contributed by atoms with Gasteiger partial charge >= 0.3 is 0 Å².